The fourth-order valence-electron chi connectivity index (χ4n) is 6.83. The van der Waals surface area contributed by atoms with Crippen molar-refractivity contribution in [1.82, 2.24) is 14.5 Å². The number of benzene rings is 7. The van der Waals surface area contributed by atoms with E-state index in [1.807, 2.05) is 30.5 Å². The quantitative estimate of drug-likeness (QED) is 0.196. The summed E-state index contributed by atoms with van der Waals surface area (Å²) in [6, 6.07) is 56.1. The van der Waals surface area contributed by atoms with Crippen molar-refractivity contribution in [3.8, 4) is 39.5 Å². The topological polar surface area (TPSA) is 30.7 Å². The van der Waals surface area contributed by atoms with Gasteiger partial charge in [-0.25, -0.2) is 9.97 Å². The summed E-state index contributed by atoms with van der Waals surface area (Å²) in [4.78, 5) is 9.92. The molecule has 0 aliphatic rings. The zero-order valence-corrected chi connectivity index (χ0v) is 24.4. The summed E-state index contributed by atoms with van der Waals surface area (Å²) < 4.78 is 2.16. The molecule has 0 aliphatic carbocycles. The second-order valence-electron chi connectivity index (χ2n) is 11.4. The Morgan fingerprint density at radius 1 is 0.422 bits per heavy atom. The average Bonchev–Trinajstić information content (AvgIpc) is 3.50. The molecule has 0 bridgehead atoms. The molecule has 3 heteroatoms. The van der Waals surface area contributed by atoms with Crippen LogP contribution in [0, 0.1) is 0 Å². The molecule has 45 heavy (non-hydrogen) atoms. The molecule has 0 amide bonds. The molecule has 0 unspecified atom stereocenters. The van der Waals surface area contributed by atoms with Crippen LogP contribution in [0.4, 0.5) is 0 Å². The number of nitrogens with zero attached hydrogens (tertiary/aromatic N) is 3. The number of hydrogen-bond acceptors (Lipinski definition) is 2. The lowest BCUT2D eigenvalue weighted by molar-refractivity contribution is 1.03. The van der Waals surface area contributed by atoms with Gasteiger partial charge in [0.1, 0.15) is 11.6 Å². The second kappa shape index (κ2) is 10.3. The van der Waals surface area contributed by atoms with Gasteiger partial charge in [-0.1, -0.05) is 127 Å². The van der Waals surface area contributed by atoms with Crippen LogP contribution in [-0.2, 0) is 0 Å². The van der Waals surface area contributed by atoms with Crippen molar-refractivity contribution in [1.29, 1.82) is 0 Å². The Bertz CT molecular complexity index is 2470. The van der Waals surface area contributed by atoms with Gasteiger partial charge in [0.15, 0.2) is 0 Å². The highest BCUT2D eigenvalue weighted by Gasteiger charge is 2.19. The Balaban J connectivity index is 1.32. The van der Waals surface area contributed by atoms with Crippen LogP contribution >= 0.6 is 0 Å². The summed E-state index contributed by atoms with van der Waals surface area (Å²) >= 11 is 0. The first-order valence-electron chi connectivity index (χ1n) is 15.3. The number of hydrogen-bond donors (Lipinski definition) is 0. The van der Waals surface area contributed by atoms with Crippen molar-refractivity contribution < 1.29 is 0 Å². The molecule has 0 N–H and O–H groups in total. The van der Waals surface area contributed by atoms with E-state index in [2.05, 4.69) is 138 Å². The molecule has 7 aromatic carbocycles. The third-order valence-corrected chi connectivity index (χ3v) is 8.82. The Morgan fingerprint density at radius 2 is 1.00 bits per heavy atom. The Kier molecular flexibility index (Phi) is 5.82. The predicted octanol–water partition coefficient (Wildman–Crippen LogP) is 10.9. The zero-order chi connectivity index (χ0) is 29.7. The van der Waals surface area contributed by atoms with E-state index in [0.717, 1.165) is 33.8 Å². The molecular weight excluding hydrogens is 546 g/mol. The summed E-state index contributed by atoms with van der Waals surface area (Å²) in [5.74, 6) is 1.73. The zero-order valence-electron chi connectivity index (χ0n) is 24.4. The maximum absolute atomic E-state index is 5.22. The smallest absolute Gasteiger partial charge is 0.146 e. The van der Waals surface area contributed by atoms with Crippen LogP contribution in [0.1, 0.15) is 0 Å². The van der Waals surface area contributed by atoms with E-state index in [9.17, 15) is 0 Å². The fraction of sp³-hybridized carbons (Fsp3) is 0. The van der Waals surface area contributed by atoms with Gasteiger partial charge in [0.25, 0.3) is 0 Å². The largest absolute Gasteiger partial charge is 0.276 e. The molecule has 0 saturated carbocycles. The van der Waals surface area contributed by atoms with Gasteiger partial charge in [-0.15, -0.1) is 0 Å². The minimum atomic E-state index is 0.849. The van der Waals surface area contributed by atoms with Crippen LogP contribution in [-0.4, -0.2) is 14.5 Å². The monoisotopic (exact) mass is 573 g/mol. The van der Waals surface area contributed by atoms with Crippen LogP contribution in [0.3, 0.4) is 0 Å². The molecule has 0 radical (unpaired) electrons. The van der Waals surface area contributed by atoms with E-state index in [0.29, 0.717) is 0 Å². The third-order valence-electron chi connectivity index (χ3n) is 8.82. The van der Waals surface area contributed by atoms with E-state index in [-0.39, 0.29) is 0 Å². The van der Waals surface area contributed by atoms with Crippen molar-refractivity contribution in [2.75, 3.05) is 0 Å². The van der Waals surface area contributed by atoms with Gasteiger partial charge in [0.2, 0.25) is 0 Å². The van der Waals surface area contributed by atoms with E-state index < -0.39 is 0 Å². The SMILES string of the molecule is c1ccc(-c2nc3cc(-c4c5ccccc5c(-c5ccc6ccccc6c5)c5ccccc45)ccc3n2-c2ccccn2)cc1. The maximum atomic E-state index is 5.22. The molecule has 0 aliphatic heterocycles. The van der Waals surface area contributed by atoms with Gasteiger partial charge in [-0.2, -0.15) is 0 Å². The molecule has 0 saturated heterocycles. The van der Waals surface area contributed by atoms with Crippen molar-refractivity contribution >= 4 is 43.4 Å². The summed E-state index contributed by atoms with van der Waals surface area (Å²) in [6.07, 6.45) is 1.83. The molecular formula is C42H27N3. The number of imidazole rings is 1. The van der Waals surface area contributed by atoms with Crippen LogP contribution < -0.4 is 0 Å². The highest BCUT2D eigenvalue weighted by molar-refractivity contribution is 6.22. The van der Waals surface area contributed by atoms with Gasteiger partial charge in [-0.3, -0.25) is 4.57 Å². The van der Waals surface area contributed by atoms with E-state index in [1.54, 1.807) is 0 Å². The summed E-state index contributed by atoms with van der Waals surface area (Å²) in [7, 11) is 0. The van der Waals surface area contributed by atoms with Gasteiger partial charge in [0, 0.05) is 11.8 Å². The Hall–Kier alpha value is -6.06. The summed E-state index contributed by atoms with van der Waals surface area (Å²) in [6.45, 7) is 0. The van der Waals surface area contributed by atoms with Crippen LogP contribution in [0.2, 0.25) is 0 Å². The minimum Gasteiger partial charge on any atom is -0.276 e. The van der Waals surface area contributed by atoms with Crippen molar-refractivity contribution in [3.63, 3.8) is 0 Å². The lowest BCUT2D eigenvalue weighted by Crippen LogP contribution is -1.99. The van der Waals surface area contributed by atoms with Crippen molar-refractivity contribution in [2.24, 2.45) is 0 Å². The summed E-state index contributed by atoms with van der Waals surface area (Å²) in [5, 5.41) is 7.43. The highest BCUT2D eigenvalue weighted by atomic mass is 15.1. The normalized spacial score (nSPS) is 11.6. The molecule has 0 spiro atoms. The van der Waals surface area contributed by atoms with Crippen LogP contribution in [0.15, 0.2) is 164 Å². The molecule has 2 heterocycles. The van der Waals surface area contributed by atoms with Gasteiger partial charge in [-0.05, 0) is 84.9 Å². The predicted molar refractivity (Wildman–Crippen MR) is 188 cm³/mol. The van der Waals surface area contributed by atoms with E-state index in [1.165, 1.54) is 49.0 Å². The first-order chi connectivity index (χ1) is 22.3. The Labute approximate surface area is 260 Å². The average molecular weight is 574 g/mol. The maximum Gasteiger partial charge on any atom is 0.146 e. The first-order valence-corrected chi connectivity index (χ1v) is 15.3. The highest BCUT2D eigenvalue weighted by Crippen LogP contribution is 2.44. The molecule has 2 aromatic heterocycles. The van der Waals surface area contributed by atoms with Crippen molar-refractivity contribution in [2.45, 2.75) is 0 Å². The lowest BCUT2D eigenvalue weighted by atomic mass is 9.85. The summed E-state index contributed by atoms with van der Waals surface area (Å²) in [5.41, 5.74) is 7.87. The van der Waals surface area contributed by atoms with Crippen LogP contribution in [0.5, 0.6) is 0 Å². The number of pyridine rings is 1. The number of fused-ring (bicyclic) bond motifs is 4. The minimum absolute atomic E-state index is 0.849. The van der Waals surface area contributed by atoms with E-state index >= 15 is 0 Å². The van der Waals surface area contributed by atoms with Gasteiger partial charge in [0.05, 0.1) is 11.0 Å². The molecule has 9 aromatic rings. The third kappa shape index (κ3) is 4.13. The molecule has 0 atom stereocenters. The molecule has 0 fully saturated rings. The molecule has 3 nitrogen and oxygen atoms in total. The van der Waals surface area contributed by atoms with Crippen LogP contribution in [0.25, 0.3) is 82.8 Å². The van der Waals surface area contributed by atoms with Gasteiger partial charge >= 0.3 is 0 Å². The Morgan fingerprint density at radius 3 is 1.67 bits per heavy atom. The molecule has 210 valence electrons. The fourth-order valence-corrected chi connectivity index (χ4v) is 6.83. The molecule has 9 rings (SSSR count). The van der Waals surface area contributed by atoms with Crippen molar-refractivity contribution in [3.05, 3.63) is 164 Å². The number of aromatic nitrogens is 3. The van der Waals surface area contributed by atoms with E-state index in [4.69, 9.17) is 9.97 Å². The first kappa shape index (κ1) is 25.4. The second-order valence-corrected chi connectivity index (χ2v) is 11.4. The lowest BCUT2D eigenvalue weighted by Gasteiger charge is -2.18. The number of rotatable bonds is 4. The van der Waals surface area contributed by atoms with Gasteiger partial charge < -0.3 is 0 Å². The standard InChI is InChI=1S/C42H27N3/c1-2-13-29(14-3-1)42-44-37-27-32(23-24-38(37)45(42)39-20-10-11-25-43-39)41-35-18-8-6-16-33(35)40(34-17-7-9-19-36(34)41)31-22-21-28-12-4-5-15-30(28)26-31/h1-27H.